The zero-order valence-electron chi connectivity index (χ0n) is 12.8. The summed E-state index contributed by atoms with van der Waals surface area (Å²) in [5.74, 6) is 0.671. The van der Waals surface area contributed by atoms with Crippen LogP contribution in [-0.4, -0.2) is 44.0 Å². The zero-order valence-corrected chi connectivity index (χ0v) is 13.5. The van der Waals surface area contributed by atoms with Gasteiger partial charge in [-0.3, -0.25) is 9.69 Å². The molecule has 0 bridgehead atoms. The van der Waals surface area contributed by atoms with Gasteiger partial charge in [0.1, 0.15) is 0 Å². The van der Waals surface area contributed by atoms with Crippen molar-refractivity contribution in [3.63, 3.8) is 0 Å². The number of rotatable bonds is 5. The molecule has 5 heteroatoms. The van der Waals surface area contributed by atoms with Crippen LogP contribution in [-0.2, 0) is 4.79 Å². The Labute approximate surface area is 131 Å². The van der Waals surface area contributed by atoms with Crippen molar-refractivity contribution in [2.24, 2.45) is 5.92 Å². The molecule has 1 aromatic rings. The highest BCUT2D eigenvalue weighted by Crippen LogP contribution is 2.22. The zero-order chi connectivity index (χ0) is 15.2. The first-order valence-corrected chi connectivity index (χ1v) is 7.87. The number of halogens is 1. The van der Waals surface area contributed by atoms with Gasteiger partial charge in [-0.15, -0.1) is 0 Å². The van der Waals surface area contributed by atoms with Crippen LogP contribution in [0.4, 0.5) is 5.69 Å². The first-order chi connectivity index (χ1) is 10.0. The molecule has 0 saturated carbocycles. The van der Waals surface area contributed by atoms with E-state index in [0.717, 1.165) is 25.2 Å². The Kier molecular flexibility index (Phi) is 6.03. The van der Waals surface area contributed by atoms with E-state index in [-0.39, 0.29) is 5.91 Å². The standard InChI is InChI=1S/C16H24ClN3O/c1-12-3-4-15(14(17)9-12)19-16(21)11-20(2)10-13-5-7-18-8-6-13/h3-4,9,13,18H,5-8,10-11H2,1-2H3,(H,19,21). The molecule has 1 aliphatic heterocycles. The number of likely N-dealkylation sites (N-methyl/N-ethyl adjacent to an activating group) is 1. The average molecular weight is 310 g/mol. The van der Waals surface area contributed by atoms with Crippen LogP contribution < -0.4 is 10.6 Å². The van der Waals surface area contributed by atoms with Crippen LogP contribution in [0.3, 0.4) is 0 Å². The fraction of sp³-hybridized carbons (Fsp3) is 0.562. The van der Waals surface area contributed by atoms with Gasteiger partial charge in [-0.2, -0.15) is 0 Å². The van der Waals surface area contributed by atoms with E-state index in [0.29, 0.717) is 23.2 Å². The third-order valence-corrected chi connectivity index (χ3v) is 4.15. The molecule has 2 rings (SSSR count). The molecule has 1 aliphatic rings. The number of aryl methyl sites for hydroxylation is 1. The quantitative estimate of drug-likeness (QED) is 0.878. The lowest BCUT2D eigenvalue weighted by atomic mass is 9.98. The van der Waals surface area contributed by atoms with Gasteiger partial charge < -0.3 is 10.6 Å². The van der Waals surface area contributed by atoms with E-state index in [1.165, 1.54) is 12.8 Å². The third kappa shape index (κ3) is 5.30. The van der Waals surface area contributed by atoms with E-state index >= 15 is 0 Å². The molecular formula is C16H24ClN3O. The van der Waals surface area contributed by atoms with Crippen LogP contribution in [0.1, 0.15) is 18.4 Å². The van der Waals surface area contributed by atoms with E-state index in [9.17, 15) is 4.79 Å². The molecule has 1 amide bonds. The van der Waals surface area contributed by atoms with Gasteiger partial charge in [0.2, 0.25) is 5.91 Å². The normalized spacial score (nSPS) is 16.2. The van der Waals surface area contributed by atoms with E-state index in [1.807, 2.05) is 32.2 Å². The van der Waals surface area contributed by atoms with Gasteiger partial charge in [-0.25, -0.2) is 0 Å². The monoisotopic (exact) mass is 309 g/mol. The van der Waals surface area contributed by atoms with Crippen LogP contribution in [0.2, 0.25) is 5.02 Å². The van der Waals surface area contributed by atoms with Crippen LogP contribution in [0.5, 0.6) is 0 Å². The Bertz CT molecular complexity index is 486. The molecule has 116 valence electrons. The molecule has 4 nitrogen and oxygen atoms in total. The summed E-state index contributed by atoms with van der Waals surface area (Å²) in [5, 5.41) is 6.83. The summed E-state index contributed by atoms with van der Waals surface area (Å²) in [4.78, 5) is 14.2. The SMILES string of the molecule is Cc1ccc(NC(=O)CN(C)CC2CCNCC2)c(Cl)c1. The molecule has 0 radical (unpaired) electrons. The highest BCUT2D eigenvalue weighted by Gasteiger charge is 2.16. The van der Waals surface area contributed by atoms with Crippen LogP contribution in [0.25, 0.3) is 0 Å². The maximum atomic E-state index is 12.1. The predicted molar refractivity (Wildman–Crippen MR) is 87.9 cm³/mol. The van der Waals surface area contributed by atoms with E-state index < -0.39 is 0 Å². The van der Waals surface area contributed by atoms with Crippen molar-refractivity contribution in [3.8, 4) is 0 Å². The summed E-state index contributed by atoms with van der Waals surface area (Å²) in [5.41, 5.74) is 1.77. The van der Waals surface area contributed by atoms with Crippen LogP contribution in [0, 0.1) is 12.8 Å². The number of piperidine rings is 1. The van der Waals surface area contributed by atoms with Crippen molar-refractivity contribution in [1.82, 2.24) is 10.2 Å². The maximum Gasteiger partial charge on any atom is 0.238 e. The second-order valence-electron chi connectivity index (χ2n) is 5.92. The summed E-state index contributed by atoms with van der Waals surface area (Å²) < 4.78 is 0. The number of hydrogen-bond donors (Lipinski definition) is 2. The van der Waals surface area contributed by atoms with Gasteiger partial charge in [0.25, 0.3) is 0 Å². The number of carbonyl (C=O) groups is 1. The van der Waals surface area contributed by atoms with Crippen LogP contribution >= 0.6 is 11.6 Å². The number of benzene rings is 1. The molecule has 0 aromatic heterocycles. The summed E-state index contributed by atoms with van der Waals surface area (Å²) in [6.07, 6.45) is 2.38. The Morgan fingerprint density at radius 3 is 2.81 bits per heavy atom. The first kappa shape index (κ1) is 16.3. The molecule has 1 saturated heterocycles. The Morgan fingerprint density at radius 2 is 2.14 bits per heavy atom. The fourth-order valence-electron chi connectivity index (χ4n) is 2.73. The van der Waals surface area contributed by atoms with Crippen molar-refractivity contribution in [2.75, 3.05) is 38.5 Å². The highest BCUT2D eigenvalue weighted by molar-refractivity contribution is 6.33. The van der Waals surface area contributed by atoms with Crippen molar-refractivity contribution < 1.29 is 4.79 Å². The van der Waals surface area contributed by atoms with Crippen molar-refractivity contribution in [1.29, 1.82) is 0 Å². The van der Waals surface area contributed by atoms with E-state index in [2.05, 4.69) is 15.5 Å². The molecule has 0 atom stereocenters. The molecular weight excluding hydrogens is 286 g/mol. The summed E-state index contributed by atoms with van der Waals surface area (Å²) in [6.45, 7) is 5.52. The predicted octanol–water partition coefficient (Wildman–Crippen LogP) is 2.52. The molecule has 0 aliphatic carbocycles. The first-order valence-electron chi connectivity index (χ1n) is 7.50. The maximum absolute atomic E-state index is 12.1. The van der Waals surface area contributed by atoms with Gasteiger partial charge >= 0.3 is 0 Å². The van der Waals surface area contributed by atoms with Gasteiger partial charge in [-0.1, -0.05) is 17.7 Å². The van der Waals surface area contributed by atoms with Gasteiger partial charge in [0.15, 0.2) is 0 Å². The number of nitrogens with zero attached hydrogens (tertiary/aromatic N) is 1. The molecule has 0 spiro atoms. The lowest BCUT2D eigenvalue weighted by Crippen LogP contribution is -2.37. The minimum Gasteiger partial charge on any atom is -0.324 e. The number of anilines is 1. The fourth-order valence-corrected chi connectivity index (χ4v) is 3.01. The Morgan fingerprint density at radius 1 is 1.43 bits per heavy atom. The lowest BCUT2D eigenvalue weighted by molar-refractivity contribution is -0.117. The minimum absolute atomic E-state index is 0.0165. The molecule has 1 fully saturated rings. The molecule has 2 N–H and O–H groups in total. The number of hydrogen-bond acceptors (Lipinski definition) is 3. The number of amides is 1. The van der Waals surface area contributed by atoms with Crippen molar-refractivity contribution in [3.05, 3.63) is 28.8 Å². The Hall–Kier alpha value is -1.10. The molecule has 21 heavy (non-hydrogen) atoms. The number of carbonyl (C=O) groups excluding carboxylic acids is 1. The van der Waals surface area contributed by atoms with Crippen molar-refractivity contribution in [2.45, 2.75) is 19.8 Å². The second kappa shape index (κ2) is 7.78. The smallest absolute Gasteiger partial charge is 0.238 e. The largest absolute Gasteiger partial charge is 0.324 e. The summed E-state index contributed by atoms with van der Waals surface area (Å²) in [6, 6.07) is 5.65. The molecule has 0 unspecified atom stereocenters. The van der Waals surface area contributed by atoms with E-state index in [4.69, 9.17) is 11.6 Å². The summed E-state index contributed by atoms with van der Waals surface area (Å²) >= 11 is 6.13. The van der Waals surface area contributed by atoms with Gasteiger partial charge in [0.05, 0.1) is 17.3 Å². The molecule has 1 heterocycles. The highest BCUT2D eigenvalue weighted by atomic mass is 35.5. The van der Waals surface area contributed by atoms with Gasteiger partial charge in [0, 0.05) is 6.54 Å². The number of nitrogens with one attached hydrogen (secondary N) is 2. The van der Waals surface area contributed by atoms with Crippen molar-refractivity contribution >= 4 is 23.2 Å². The topological polar surface area (TPSA) is 44.4 Å². The average Bonchev–Trinajstić information content (AvgIpc) is 2.43. The lowest BCUT2D eigenvalue weighted by Gasteiger charge is -2.27. The van der Waals surface area contributed by atoms with Gasteiger partial charge in [-0.05, 0) is 63.5 Å². The summed E-state index contributed by atoms with van der Waals surface area (Å²) in [7, 11) is 2.00. The molecule has 1 aromatic carbocycles. The van der Waals surface area contributed by atoms with E-state index in [1.54, 1.807) is 0 Å². The second-order valence-corrected chi connectivity index (χ2v) is 6.33. The Balaban J connectivity index is 1.80. The van der Waals surface area contributed by atoms with Crippen LogP contribution in [0.15, 0.2) is 18.2 Å². The minimum atomic E-state index is -0.0165. The third-order valence-electron chi connectivity index (χ3n) is 3.84.